The van der Waals surface area contributed by atoms with Crippen LogP contribution in [0.1, 0.15) is 27.2 Å². The Balaban J connectivity index is 2.41. The van der Waals surface area contributed by atoms with Crippen molar-refractivity contribution in [2.75, 3.05) is 32.7 Å². The maximum Gasteiger partial charge on any atom is 0.317 e. The molecular weight excluding hydrogens is 216 g/mol. The quantitative estimate of drug-likeness (QED) is 0.798. The number of urea groups is 1. The molecule has 0 radical (unpaired) electrons. The van der Waals surface area contributed by atoms with Gasteiger partial charge in [-0.2, -0.15) is 5.26 Å². The van der Waals surface area contributed by atoms with E-state index in [0.717, 1.165) is 26.1 Å². The Hall–Kier alpha value is -1.28. The lowest BCUT2D eigenvalue weighted by Crippen LogP contribution is -2.56. The molecule has 1 heterocycles. The number of piperazine rings is 1. The normalized spacial score (nSPS) is 17.6. The van der Waals surface area contributed by atoms with Crippen LogP contribution in [0.2, 0.25) is 0 Å². The molecule has 2 amide bonds. The molecule has 0 spiro atoms. The summed E-state index contributed by atoms with van der Waals surface area (Å²) < 4.78 is 0. The second-order valence-corrected chi connectivity index (χ2v) is 4.88. The highest BCUT2D eigenvalue weighted by Gasteiger charge is 2.30. The van der Waals surface area contributed by atoms with Gasteiger partial charge in [0.2, 0.25) is 0 Å². The number of nitrogens with one attached hydrogen (secondary N) is 1. The minimum Gasteiger partial charge on any atom is -0.338 e. The maximum absolute atomic E-state index is 11.7. The number of rotatable bonds is 3. The SMILES string of the molecule is CCCNC(=O)N1CCN(C(C)(C)C#N)CC1. The molecule has 1 fully saturated rings. The fraction of sp³-hybridized carbons (Fsp3) is 0.833. The fourth-order valence-corrected chi connectivity index (χ4v) is 1.88. The molecule has 0 aromatic carbocycles. The van der Waals surface area contributed by atoms with Gasteiger partial charge in [-0.3, -0.25) is 4.90 Å². The third kappa shape index (κ3) is 3.60. The average Bonchev–Trinajstić information content (AvgIpc) is 2.36. The lowest BCUT2D eigenvalue weighted by atomic mass is 10.0. The van der Waals surface area contributed by atoms with E-state index in [1.165, 1.54) is 0 Å². The van der Waals surface area contributed by atoms with Crippen LogP contribution in [0.5, 0.6) is 0 Å². The van der Waals surface area contributed by atoms with Crippen molar-refractivity contribution in [1.82, 2.24) is 15.1 Å². The van der Waals surface area contributed by atoms with Gasteiger partial charge >= 0.3 is 6.03 Å². The molecule has 17 heavy (non-hydrogen) atoms. The van der Waals surface area contributed by atoms with Gasteiger partial charge in [0, 0.05) is 32.7 Å². The zero-order chi connectivity index (χ0) is 12.9. The Morgan fingerprint density at radius 2 is 1.94 bits per heavy atom. The lowest BCUT2D eigenvalue weighted by molar-refractivity contribution is 0.0924. The summed E-state index contributed by atoms with van der Waals surface area (Å²) in [6, 6.07) is 2.31. The summed E-state index contributed by atoms with van der Waals surface area (Å²) >= 11 is 0. The minimum absolute atomic E-state index is 0.0151. The van der Waals surface area contributed by atoms with Crippen molar-refractivity contribution >= 4 is 6.03 Å². The molecule has 5 heteroatoms. The van der Waals surface area contributed by atoms with Crippen LogP contribution in [0, 0.1) is 11.3 Å². The zero-order valence-electron chi connectivity index (χ0n) is 11.0. The highest BCUT2D eigenvalue weighted by Crippen LogP contribution is 2.15. The highest BCUT2D eigenvalue weighted by molar-refractivity contribution is 5.74. The maximum atomic E-state index is 11.7. The van der Waals surface area contributed by atoms with Gasteiger partial charge < -0.3 is 10.2 Å². The summed E-state index contributed by atoms with van der Waals surface area (Å²) in [5, 5.41) is 11.9. The van der Waals surface area contributed by atoms with Crippen molar-refractivity contribution in [3.63, 3.8) is 0 Å². The van der Waals surface area contributed by atoms with E-state index in [-0.39, 0.29) is 6.03 Å². The molecular formula is C12H22N4O. The Kier molecular flexibility index (Phi) is 4.76. The third-order valence-electron chi connectivity index (χ3n) is 3.16. The average molecular weight is 238 g/mol. The van der Waals surface area contributed by atoms with Crippen LogP contribution in [-0.2, 0) is 0 Å². The van der Waals surface area contributed by atoms with E-state index in [4.69, 9.17) is 5.26 Å². The van der Waals surface area contributed by atoms with Gasteiger partial charge in [0.1, 0.15) is 5.54 Å². The first-order valence-corrected chi connectivity index (χ1v) is 6.20. The van der Waals surface area contributed by atoms with Gasteiger partial charge in [-0.25, -0.2) is 4.79 Å². The Labute approximate surface area is 103 Å². The molecule has 1 rings (SSSR count). The van der Waals surface area contributed by atoms with Gasteiger partial charge in [-0.15, -0.1) is 0 Å². The van der Waals surface area contributed by atoms with E-state index in [2.05, 4.69) is 16.3 Å². The van der Waals surface area contributed by atoms with Gasteiger partial charge in [0.25, 0.3) is 0 Å². The molecule has 1 aliphatic heterocycles. The van der Waals surface area contributed by atoms with Crippen LogP contribution in [0.15, 0.2) is 0 Å². The van der Waals surface area contributed by atoms with Crippen molar-refractivity contribution in [2.24, 2.45) is 0 Å². The van der Waals surface area contributed by atoms with Crippen LogP contribution in [-0.4, -0.2) is 54.1 Å². The molecule has 0 atom stereocenters. The van der Waals surface area contributed by atoms with E-state index in [1.54, 1.807) is 0 Å². The second kappa shape index (κ2) is 5.87. The van der Waals surface area contributed by atoms with Crippen LogP contribution in [0.4, 0.5) is 4.79 Å². The summed E-state index contributed by atoms with van der Waals surface area (Å²) in [4.78, 5) is 15.7. The van der Waals surface area contributed by atoms with Crippen LogP contribution < -0.4 is 5.32 Å². The smallest absolute Gasteiger partial charge is 0.317 e. The van der Waals surface area contributed by atoms with Crippen LogP contribution >= 0.6 is 0 Å². The number of nitrogens with zero attached hydrogens (tertiary/aromatic N) is 3. The Bertz CT molecular complexity index is 300. The first kappa shape index (κ1) is 13.8. The summed E-state index contributed by atoms with van der Waals surface area (Å²) in [5.41, 5.74) is -0.439. The molecule has 1 N–H and O–H groups in total. The minimum atomic E-state index is -0.439. The molecule has 1 aliphatic rings. The third-order valence-corrected chi connectivity index (χ3v) is 3.16. The largest absolute Gasteiger partial charge is 0.338 e. The van der Waals surface area contributed by atoms with E-state index in [9.17, 15) is 4.79 Å². The van der Waals surface area contributed by atoms with Crippen LogP contribution in [0.3, 0.4) is 0 Å². The zero-order valence-corrected chi connectivity index (χ0v) is 11.0. The van der Waals surface area contributed by atoms with Gasteiger partial charge in [-0.1, -0.05) is 6.92 Å². The summed E-state index contributed by atoms with van der Waals surface area (Å²) in [6.45, 7) is 9.51. The van der Waals surface area contributed by atoms with Gasteiger partial charge in [0.15, 0.2) is 0 Å². The Morgan fingerprint density at radius 1 is 1.35 bits per heavy atom. The number of carbonyl (C=O) groups excluding carboxylic acids is 1. The highest BCUT2D eigenvalue weighted by atomic mass is 16.2. The summed E-state index contributed by atoms with van der Waals surface area (Å²) in [7, 11) is 0. The number of amides is 2. The van der Waals surface area contributed by atoms with Crippen molar-refractivity contribution in [2.45, 2.75) is 32.7 Å². The molecule has 0 aromatic heterocycles. The lowest BCUT2D eigenvalue weighted by Gasteiger charge is -2.40. The molecule has 0 saturated carbocycles. The molecule has 96 valence electrons. The molecule has 0 aromatic rings. The van der Waals surface area contributed by atoms with Gasteiger partial charge in [-0.05, 0) is 20.3 Å². The molecule has 0 bridgehead atoms. The number of hydrogen-bond acceptors (Lipinski definition) is 3. The first-order valence-electron chi connectivity index (χ1n) is 6.20. The molecule has 0 unspecified atom stereocenters. The van der Waals surface area contributed by atoms with E-state index in [0.29, 0.717) is 13.1 Å². The van der Waals surface area contributed by atoms with Crippen molar-refractivity contribution in [1.29, 1.82) is 5.26 Å². The first-order chi connectivity index (χ1) is 8.01. The monoisotopic (exact) mass is 238 g/mol. The summed E-state index contributed by atoms with van der Waals surface area (Å²) in [6.07, 6.45) is 0.952. The number of carbonyl (C=O) groups is 1. The van der Waals surface area contributed by atoms with E-state index in [1.807, 2.05) is 25.7 Å². The predicted octanol–water partition coefficient (Wildman–Crippen LogP) is 1.03. The second-order valence-electron chi connectivity index (χ2n) is 4.88. The number of hydrogen-bond donors (Lipinski definition) is 1. The standard InChI is InChI=1S/C12H22N4O/c1-4-5-14-11(17)15-6-8-16(9-7-15)12(2,3)10-13/h4-9H2,1-3H3,(H,14,17). The summed E-state index contributed by atoms with van der Waals surface area (Å²) in [5.74, 6) is 0. The van der Waals surface area contributed by atoms with E-state index >= 15 is 0 Å². The van der Waals surface area contributed by atoms with Crippen LogP contribution in [0.25, 0.3) is 0 Å². The van der Waals surface area contributed by atoms with E-state index < -0.39 is 5.54 Å². The van der Waals surface area contributed by atoms with Gasteiger partial charge in [0.05, 0.1) is 6.07 Å². The Morgan fingerprint density at radius 3 is 2.41 bits per heavy atom. The molecule has 5 nitrogen and oxygen atoms in total. The fourth-order valence-electron chi connectivity index (χ4n) is 1.88. The van der Waals surface area contributed by atoms with Crippen molar-refractivity contribution < 1.29 is 4.79 Å². The molecule has 1 saturated heterocycles. The predicted molar refractivity (Wildman–Crippen MR) is 66.5 cm³/mol. The number of nitriles is 1. The van der Waals surface area contributed by atoms with Crippen molar-refractivity contribution in [3.8, 4) is 6.07 Å². The van der Waals surface area contributed by atoms with Crippen molar-refractivity contribution in [3.05, 3.63) is 0 Å². The molecule has 0 aliphatic carbocycles. The topological polar surface area (TPSA) is 59.4 Å².